The predicted octanol–water partition coefficient (Wildman–Crippen LogP) is 3.23. The lowest BCUT2D eigenvalue weighted by molar-refractivity contribution is 1.04. The number of hydrogen-bond acceptors (Lipinski definition) is 2. The zero-order valence-corrected chi connectivity index (χ0v) is 9.72. The fraction of sp³-hybridized carbons (Fsp3) is 0.133. The maximum atomic E-state index is 9.29. The molecule has 0 heterocycles. The van der Waals surface area contributed by atoms with Crippen molar-refractivity contribution in [3.05, 3.63) is 65.2 Å². The van der Waals surface area contributed by atoms with Crippen LogP contribution in [0, 0.1) is 18.3 Å². The van der Waals surface area contributed by atoms with Crippen molar-refractivity contribution in [1.82, 2.24) is 0 Å². The zero-order valence-electron chi connectivity index (χ0n) is 9.72. The summed E-state index contributed by atoms with van der Waals surface area (Å²) in [7, 11) is 0. The summed E-state index contributed by atoms with van der Waals surface area (Å²) in [6, 6.07) is 17.8. The van der Waals surface area contributed by atoms with Crippen LogP contribution in [0.2, 0.25) is 0 Å². The summed E-state index contributed by atoms with van der Waals surface area (Å²) in [5, 5.41) is 9.29. The Balaban J connectivity index is 2.37. The van der Waals surface area contributed by atoms with Gasteiger partial charge in [0.15, 0.2) is 0 Å². The van der Waals surface area contributed by atoms with Gasteiger partial charge in [-0.2, -0.15) is 5.26 Å². The highest BCUT2D eigenvalue weighted by Gasteiger charge is 2.12. The maximum absolute atomic E-state index is 9.29. The van der Waals surface area contributed by atoms with Gasteiger partial charge in [0.05, 0.1) is 12.0 Å². The fourth-order valence-corrected chi connectivity index (χ4v) is 1.79. The van der Waals surface area contributed by atoms with Gasteiger partial charge in [-0.3, -0.25) is 0 Å². The standard InChI is InChI=1S/C15H14N2/c1-11-2-4-12(5-3-11)15(10-16)13-6-8-14(17)9-7-13/h2-9,15H,17H2,1H3/t15-/m0/s1. The molecule has 0 aliphatic rings. The number of aryl methyl sites for hydroxylation is 1. The van der Waals surface area contributed by atoms with Crippen LogP contribution in [0.4, 0.5) is 5.69 Å². The van der Waals surface area contributed by atoms with Gasteiger partial charge in [-0.15, -0.1) is 0 Å². The molecule has 0 fully saturated rings. The Morgan fingerprint density at radius 1 is 0.941 bits per heavy atom. The van der Waals surface area contributed by atoms with E-state index in [1.165, 1.54) is 5.56 Å². The molecule has 0 spiro atoms. The van der Waals surface area contributed by atoms with Crippen LogP contribution in [0.1, 0.15) is 22.6 Å². The van der Waals surface area contributed by atoms with Crippen molar-refractivity contribution in [2.75, 3.05) is 5.73 Å². The van der Waals surface area contributed by atoms with Gasteiger partial charge >= 0.3 is 0 Å². The summed E-state index contributed by atoms with van der Waals surface area (Å²) in [5.41, 5.74) is 9.55. The topological polar surface area (TPSA) is 49.8 Å². The first kappa shape index (κ1) is 11.2. The van der Waals surface area contributed by atoms with Gasteiger partial charge in [0.2, 0.25) is 0 Å². The number of nitrogens with two attached hydrogens (primary N) is 1. The van der Waals surface area contributed by atoms with Gasteiger partial charge in [-0.25, -0.2) is 0 Å². The molecule has 0 aliphatic heterocycles. The van der Waals surface area contributed by atoms with Gasteiger partial charge in [0.1, 0.15) is 0 Å². The van der Waals surface area contributed by atoms with E-state index in [0.29, 0.717) is 5.69 Å². The molecule has 0 bridgehead atoms. The molecule has 0 saturated heterocycles. The second-order valence-electron chi connectivity index (χ2n) is 4.14. The van der Waals surface area contributed by atoms with Crippen LogP contribution in [0.5, 0.6) is 0 Å². The van der Waals surface area contributed by atoms with Crippen LogP contribution in [-0.2, 0) is 0 Å². The van der Waals surface area contributed by atoms with Crippen LogP contribution >= 0.6 is 0 Å². The van der Waals surface area contributed by atoms with E-state index in [1.54, 1.807) is 0 Å². The smallest absolute Gasteiger partial charge is 0.0962 e. The number of nitriles is 1. The molecule has 84 valence electrons. The molecule has 2 heteroatoms. The number of rotatable bonds is 2. The van der Waals surface area contributed by atoms with Crippen molar-refractivity contribution in [2.45, 2.75) is 12.8 Å². The van der Waals surface area contributed by atoms with Crippen molar-refractivity contribution >= 4 is 5.69 Å². The van der Waals surface area contributed by atoms with Gasteiger partial charge < -0.3 is 5.73 Å². The fourth-order valence-electron chi connectivity index (χ4n) is 1.79. The number of nitrogens with zero attached hydrogens (tertiary/aromatic N) is 1. The lowest BCUT2D eigenvalue weighted by atomic mass is 9.92. The minimum Gasteiger partial charge on any atom is -0.399 e. The molecule has 2 nitrogen and oxygen atoms in total. The van der Waals surface area contributed by atoms with Crippen molar-refractivity contribution in [2.24, 2.45) is 0 Å². The second kappa shape index (κ2) is 4.71. The molecule has 1 atom stereocenters. The number of benzene rings is 2. The molecule has 17 heavy (non-hydrogen) atoms. The van der Waals surface area contributed by atoms with Crippen molar-refractivity contribution in [1.29, 1.82) is 5.26 Å². The first-order valence-corrected chi connectivity index (χ1v) is 5.52. The number of anilines is 1. The van der Waals surface area contributed by atoms with E-state index in [2.05, 4.69) is 6.07 Å². The van der Waals surface area contributed by atoms with E-state index in [9.17, 15) is 5.26 Å². The highest BCUT2D eigenvalue weighted by Crippen LogP contribution is 2.24. The first-order chi connectivity index (χ1) is 8.20. The lowest BCUT2D eigenvalue weighted by Gasteiger charge is -2.10. The summed E-state index contributed by atoms with van der Waals surface area (Å²) >= 11 is 0. The Labute approximate surface area is 101 Å². The molecular weight excluding hydrogens is 208 g/mol. The van der Waals surface area contributed by atoms with Crippen molar-refractivity contribution < 1.29 is 0 Å². The van der Waals surface area contributed by atoms with Crippen molar-refractivity contribution in [3.8, 4) is 6.07 Å². The molecular formula is C15H14N2. The van der Waals surface area contributed by atoms with Crippen LogP contribution in [0.15, 0.2) is 48.5 Å². The van der Waals surface area contributed by atoms with Crippen LogP contribution in [0.25, 0.3) is 0 Å². The molecule has 0 amide bonds. The summed E-state index contributed by atoms with van der Waals surface area (Å²) < 4.78 is 0. The third kappa shape index (κ3) is 2.46. The summed E-state index contributed by atoms with van der Waals surface area (Å²) in [4.78, 5) is 0. The second-order valence-corrected chi connectivity index (χ2v) is 4.14. The van der Waals surface area contributed by atoms with Gasteiger partial charge in [-0.05, 0) is 30.2 Å². The quantitative estimate of drug-likeness (QED) is 0.793. The molecule has 0 unspecified atom stereocenters. The molecule has 2 aromatic carbocycles. The SMILES string of the molecule is Cc1ccc([C@H](C#N)c2ccc(N)cc2)cc1. The van der Waals surface area contributed by atoms with Gasteiger partial charge in [-0.1, -0.05) is 42.0 Å². The Bertz CT molecular complexity index is 487. The summed E-state index contributed by atoms with van der Waals surface area (Å²) in [6.07, 6.45) is 0. The van der Waals surface area contributed by atoms with E-state index >= 15 is 0 Å². The molecule has 0 radical (unpaired) electrons. The first-order valence-electron chi connectivity index (χ1n) is 5.52. The average molecular weight is 222 g/mol. The summed E-state index contributed by atoms with van der Waals surface area (Å²) in [5.74, 6) is -0.226. The number of hydrogen-bond donors (Lipinski definition) is 1. The maximum Gasteiger partial charge on any atom is 0.0962 e. The minimum atomic E-state index is -0.226. The van der Waals surface area contributed by atoms with E-state index in [4.69, 9.17) is 5.73 Å². The monoisotopic (exact) mass is 222 g/mol. The van der Waals surface area contributed by atoms with Crippen molar-refractivity contribution in [3.63, 3.8) is 0 Å². The van der Waals surface area contributed by atoms with E-state index in [-0.39, 0.29) is 5.92 Å². The van der Waals surface area contributed by atoms with Crippen LogP contribution in [-0.4, -0.2) is 0 Å². The van der Waals surface area contributed by atoms with Crippen LogP contribution in [0.3, 0.4) is 0 Å². The minimum absolute atomic E-state index is 0.226. The Hall–Kier alpha value is -2.27. The predicted molar refractivity (Wildman–Crippen MR) is 69.5 cm³/mol. The average Bonchev–Trinajstić information content (AvgIpc) is 2.35. The molecule has 0 aromatic heterocycles. The zero-order chi connectivity index (χ0) is 12.3. The Kier molecular flexibility index (Phi) is 3.11. The largest absolute Gasteiger partial charge is 0.399 e. The molecule has 0 aliphatic carbocycles. The normalized spacial score (nSPS) is 11.8. The summed E-state index contributed by atoms with van der Waals surface area (Å²) in [6.45, 7) is 2.04. The molecule has 2 aromatic rings. The Morgan fingerprint density at radius 2 is 1.41 bits per heavy atom. The van der Waals surface area contributed by atoms with Gasteiger partial charge in [0.25, 0.3) is 0 Å². The van der Waals surface area contributed by atoms with E-state index in [0.717, 1.165) is 11.1 Å². The molecule has 2 N–H and O–H groups in total. The van der Waals surface area contributed by atoms with Crippen LogP contribution < -0.4 is 5.73 Å². The third-order valence-electron chi connectivity index (χ3n) is 2.81. The van der Waals surface area contributed by atoms with Gasteiger partial charge in [0, 0.05) is 5.69 Å². The Morgan fingerprint density at radius 3 is 1.88 bits per heavy atom. The highest BCUT2D eigenvalue weighted by molar-refractivity contribution is 5.45. The van der Waals surface area contributed by atoms with E-state index in [1.807, 2.05) is 55.5 Å². The highest BCUT2D eigenvalue weighted by atomic mass is 14.5. The number of nitrogen functional groups attached to an aromatic ring is 1. The molecule has 0 saturated carbocycles. The lowest BCUT2D eigenvalue weighted by Crippen LogP contribution is -1.98. The van der Waals surface area contributed by atoms with E-state index < -0.39 is 0 Å². The molecule has 2 rings (SSSR count). The third-order valence-corrected chi connectivity index (χ3v) is 2.81.